The van der Waals surface area contributed by atoms with Crippen molar-refractivity contribution in [3.05, 3.63) is 11.6 Å². The molecule has 3 fully saturated rings. The van der Waals surface area contributed by atoms with Crippen LogP contribution in [0.1, 0.15) is 129 Å². The van der Waals surface area contributed by atoms with Crippen molar-refractivity contribution in [3.8, 4) is 0 Å². The van der Waals surface area contributed by atoms with Gasteiger partial charge in [0.15, 0.2) is 0 Å². The molecule has 4 aliphatic carbocycles. The maximum absolute atomic E-state index is 10.2. The van der Waals surface area contributed by atoms with E-state index in [1.54, 1.807) is 5.57 Å². The number of aliphatic hydroxyl groups is 2. The van der Waals surface area contributed by atoms with Gasteiger partial charge in [0.25, 0.3) is 0 Å². The molecule has 2 nitrogen and oxygen atoms in total. The normalized spacial score (nSPS) is 41.0. The summed E-state index contributed by atoms with van der Waals surface area (Å²) >= 11 is 0. The lowest BCUT2D eigenvalue weighted by molar-refractivity contribution is -0.0573. The standard InChI is InChI=1S/C27H46O2.2C2H6.2H2/c1-18(17-28)6-5-7-19(2)23-10-11-24-22-9-8-20-16-21(29)12-14-26(20,3)25(22)13-15-27(23,24)4;2*1-2;;/h8,18-19,21-25,28-29H,5-7,9-17H2,1-4H3;2*1-2H3;2*1H/t18-,19-,21+,22+,23?,24?,25?,26+,27-;;;;/m1..../s1. The Hall–Kier alpha value is -0.340. The summed E-state index contributed by atoms with van der Waals surface area (Å²) < 4.78 is 0. The first-order valence-electron chi connectivity index (χ1n) is 14.8. The van der Waals surface area contributed by atoms with Crippen molar-refractivity contribution in [2.24, 2.45) is 46.3 Å². The summed E-state index contributed by atoms with van der Waals surface area (Å²) in [4.78, 5) is 0. The summed E-state index contributed by atoms with van der Waals surface area (Å²) in [7, 11) is 0. The maximum Gasteiger partial charge on any atom is 0.0577 e. The van der Waals surface area contributed by atoms with Crippen LogP contribution in [0.5, 0.6) is 0 Å². The van der Waals surface area contributed by atoms with Crippen LogP contribution in [0.25, 0.3) is 0 Å². The monoisotopic (exact) mass is 466 g/mol. The summed E-state index contributed by atoms with van der Waals surface area (Å²) in [5.41, 5.74) is 2.51. The highest BCUT2D eigenvalue weighted by molar-refractivity contribution is 5.25. The third-order valence-corrected chi connectivity index (χ3v) is 10.5. The van der Waals surface area contributed by atoms with Gasteiger partial charge in [-0.3, -0.25) is 0 Å². The molecule has 2 N–H and O–H groups in total. The van der Waals surface area contributed by atoms with Crippen molar-refractivity contribution < 1.29 is 13.1 Å². The fraction of sp³-hybridized carbons (Fsp3) is 0.935. The van der Waals surface area contributed by atoms with Gasteiger partial charge in [-0.25, -0.2) is 0 Å². The molecule has 2 heteroatoms. The Morgan fingerprint density at radius 1 is 0.970 bits per heavy atom. The van der Waals surface area contributed by atoms with E-state index in [9.17, 15) is 10.2 Å². The van der Waals surface area contributed by atoms with E-state index in [1.807, 2.05) is 27.7 Å². The number of allylic oxidation sites excluding steroid dienone is 1. The first kappa shape index (κ1) is 28.9. The van der Waals surface area contributed by atoms with Gasteiger partial charge < -0.3 is 10.2 Å². The molecular formula is C31H62O2. The van der Waals surface area contributed by atoms with E-state index in [0.717, 1.165) is 42.4 Å². The van der Waals surface area contributed by atoms with Crippen molar-refractivity contribution in [3.63, 3.8) is 0 Å². The fourth-order valence-electron chi connectivity index (χ4n) is 8.70. The van der Waals surface area contributed by atoms with Crippen LogP contribution >= 0.6 is 0 Å². The summed E-state index contributed by atoms with van der Waals surface area (Å²) in [5, 5.41) is 19.5. The molecule has 9 atom stereocenters. The third kappa shape index (κ3) is 5.74. The fourth-order valence-corrected chi connectivity index (χ4v) is 8.70. The molecule has 0 spiro atoms. The largest absolute Gasteiger partial charge is 0.396 e. The second-order valence-corrected chi connectivity index (χ2v) is 12.1. The van der Waals surface area contributed by atoms with Gasteiger partial charge in [0, 0.05) is 9.46 Å². The SMILES string of the molecule is CC.CC.C[C@@H](CO)CCC[C@@H](C)C1CCC2[C@@H]3CC=C4C[C@@H](O)CC[C@]4(C)C3CC[C@@]21C.[HH].[HH]. The summed E-state index contributed by atoms with van der Waals surface area (Å²) in [6, 6.07) is 0. The van der Waals surface area contributed by atoms with E-state index >= 15 is 0 Å². The predicted molar refractivity (Wildman–Crippen MR) is 147 cm³/mol. The van der Waals surface area contributed by atoms with Crippen LogP contribution in [0.2, 0.25) is 0 Å². The average molecular weight is 467 g/mol. The van der Waals surface area contributed by atoms with E-state index in [-0.39, 0.29) is 8.96 Å². The quantitative estimate of drug-likeness (QED) is 0.384. The molecule has 0 amide bonds. The van der Waals surface area contributed by atoms with Crippen LogP contribution < -0.4 is 0 Å². The van der Waals surface area contributed by atoms with Gasteiger partial charge in [-0.2, -0.15) is 0 Å². The first-order chi connectivity index (χ1) is 15.8. The lowest BCUT2D eigenvalue weighted by atomic mass is 9.47. The summed E-state index contributed by atoms with van der Waals surface area (Å²) in [6.45, 7) is 18.2. The minimum atomic E-state index is -0.0926. The smallest absolute Gasteiger partial charge is 0.0577 e. The van der Waals surface area contributed by atoms with Gasteiger partial charge in [-0.1, -0.05) is 79.9 Å². The Balaban J connectivity index is 0.00000183. The topological polar surface area (TPSA) is 40.5 Å². The van der Waals surface area contributed by atoms with Crippen LogP contribution in [-0.2, 0) is 0 Å². The van der Waals surface area contributed by atoms with Gasteiger partial charge in [0.05, 0.1) is 6.10 Å². The molecule has 0 aromatic carbocycles. The molecule has 0 heterocycles. The van der Waals surface area contributed by atoms with Gasteiger partial charge in [0.2, 0.25) is 0 Å². The lowest BCUT2D eigenvalue weighted by Gasteiger charge is -2.58. The summed E-state index contributed by atoms with van der Waals surface area (Å²) in [6.07, 6.45) is 16.4. The average Bonchev–Trinajstić information content (AvgIpc) is 3.19. The Morgan fingerprint density at radius 3 is 2.33 bits per heavy atom. The minimum Gasteiger partial charge on any atom is -0.396 e. The number of fused-ring (bicyclic) bond motifs is 5. The van der Waals surface area contributed by atoms with Crippen LogP contribution in [0.15, 0.2) is 11.6 Å². The lowest BCUT2D eigenvalue weighted by Crippen LogP contribution is -2.50. The predicted octanol–water partition coefficient (Wildman–Crippen LogP) is 8.91. The molecule has 33 heavy (non-hydrogen) atoms. The highest BCUT2D eigenvalue weighted by atomic mass is 16.3. The zero-order valence-electron chi connectivity index (χ0n) is 23.5. The molecule has 4 rings (SSSR count). The van der Waals surface area contributed by atoms with Crippen molar-refractivity contribution in [1.29, 1.82) is 0 Å². The van der Waals surface area contributed by atoms with Crippen molar-refractivity contribution in [2.75, 3.05) is 6.61 Å². The first-order valence-corrected chi connectivity index (χ1v) is 14.8. The van der Waals surface area contributed by atoms with Gasteiger partial charge in [0.1, 0.15) is 0 Å². The molecule has 0 aliphatic heterocycles. The van der Waals surface area contributed by atoms with Crippen LogP contribution in [-0.4, -0.2) is 22.9 Å². The van der Waals surface area contributed by atoms with Gasteiger partial charge in [-0.05, 0) is 104 Å². The number of rotatable bonds is 6. The van der Waals surface area contributed by atoms with Crippen molar-refractivity contribution >= 4 is 0 Å². The maximum atomic E-state index is 10.2. The van der Waals surface area contributed by atoms with E-state index in [2.05, 4.69) is 33.8 Å². The molecule has 4 aliphatic rings. The number of hydrogen-bond acceptors (Lipinski definition) is 2. The Bertz CT molecular complexity index is 623. The molecule has 198 valence electrons. The van der Waals surface area contributed by atoms with E-state index in [1.165, 1.54) is 57.8 Å². The van der Waals surface area contributed by atoms with E-state index in [0.29, 0.717) is 23.4 Å². The molecule has 0 aromatic rings. The van der Waals surface area contributed by atoms with Gasteiger partial charge in [-0.15, -0.1) is 0 Å². The van der Waals surface area contributed by atoms with Crippen LogP contribution in [0.3, 0.4) is 0 Å². The second-order valence-electron chi connectivity index (χ2n) is 12.1. The molecule has 0 saturated heterocycles. The minimum absolute atomic E-state index is 0. The summed E-state index contributed by atoms with van der Waals surface area (Å²) in [5.74, 6) is 4.82. The molecule has 3 unspecified atom stereocenters. The van der Waals surface area contributed by atoms with Crippen molar-refractivity contribution in [2.45, 2.75) is 132 Å². The van der Waals surface area contributed by atoms with E-state index in [4.69, 9.17) is 0 Å². The number of aliphatic hydroxyl groups excluding tert-OH is 2. The molecular weight excluding hydrogens is 404 g/mol. The van der Waals surface area contributed by atoms with E-state index < -0.39 is 0 Å². The Kier molecular flexibility index (Phi) is 11.0. The van der Waals surface area contributed by atoms with Crippen molar-refractivity contribution in [1.82, 2.24) is 0 Å². The Labute approximate surface area is 210 Å². The molecule has 3 saturated carbocycles. The Morgan fingerprint density at radius 2 is 1.67 bits per heavy atom. The molecule has 0 bridgehead atoms. The highest BCUT2D eigenvalue weighted by Gasteiger charge is 2.59. The highest BCUT2D eigenvalue weighted by Crippen LogP contribution is 2.67. The number of hydrogen-bond donors (Lipinski definition) is 2. The van der Waals surface area contributed by atoms with Crippen LogP contribution in [0.4, 0.5) is 0 Å². The zero-order chi connectivity index (χ0) is 24.8. The molecule has 0 aromatic heterocycles. The second kappa shape index (κ2) is 12.6. The third-order valence-electron chi connectivity index (χ3n) is 10.5. The molecule has 0 radical (unpaired) electrons. The zero-order valence-corrected chi connectivity index (χ0v) is 23.5. The van der Waals surface area contributed by atoms with Gasteiger partial charge >= 0.3 is 0 Å². The van der Waals surface area contributed by atoms with Crippen LogP contribution in [0, 0.1) is 46.3 Å².